The van der Waals surface area contributed by atoms with Crippen LogP contribution in [-0.4, -0.2) is 37.6 Å². The highest BCUT2D eigenvalue weighted by molar-refractivity contribution is 7.09. The topological polar surface area (TPSA) is 101 Å². The summed E-state index contributed by atoms with van der Waals surface area (Å²) in [4.78, 5) is 27.4. The fraction of sp³-hybridized carbons (Fsp3) is 0.154. The lowest BCUT2D eigenvalue weighted by molar-refractivity contribution is 0.0691. The molecule has 0 aliphatic carbocycles. The van der Waals surface area contributed by atoms with Crippen molar-refractivity contribution in [3.05, 3.63) is 40.6 Å². The van der Waals surface area contributed by atoms with Gasteiger partial charge >= 0.3 is 5.97 Å². The molecule has 3 heterocycles. The lowest BCUT2D eigenvalue weighted by atomic mass is 10.4. The quantitative estimate of drug-likeness (QED) is 0.741. The molecule has 0 spiro atoms. The zero-order valence-electron chi connectivity index (χ0n) is 10.9. The van der Waals surface area contributed by atoms with Crippen molar-refractivity contribution in [2.75, 3.05) is 11.9 Å². The number of nitrogens with one attached hydrogen (secondary N) is 1. The molecule has 3 aromatic heterocycles. The summed E-state index contributed by atoms with van der Waals surface area (Å²) in [5.74, 6) is -0.293. The molecule has 0 unspecified atom stereocenters. The number of anilines is 1. The third-order valence-corrected chi connectivity index (χ3v) is 3.66. The third kappa shape index (κ3) is 3.11. The van der Waals surface area contributed by atoms with Crippen LogP contribution >= 0.6 is 11.3 Å². The van der Waals surface area contributed by atoms with E-state index in [0.29, 0.717) is 24.4 Å². The molecule has 0 saturated carbocycles. The molecule has 106 valence electrons. The van der Waals surface area contributed by atoms with Gasteiger partial charge in [-0.25, -0.2) is 19.7 Å². The summed E-state index contributed by atoms with van der Waals surface area (Å²) < 4.78 is 0. The Labute approximate surface area is 123 Å². The zero-order chi connectivity index (χ0) is 14.7. The van der Waals surface area contributed by atoms with E-state index in [9.17, 15) is 4.79 Å². The predicted molar refractivity (Wildman–Crippen MR) is 78.6 cm³/mol. The maximum atomic E-state index is 10.7. The van der Waals surface area contributed by atoms with Crippen LogP contribution in [0, 0.1) is 0 Å². The lowest BCUT2D eigenvalue weighted by Gasteiger charge is -2.04. The minimum absolute atomic E-state index is 0.0918. The van der Waals surface area contributed by atoms with Crippen molar-refractivity contribution >= 4 is 34.3 Å². The first kappa shape index (κ1) is 13.4. The van der Waals surface area contributed by atoms with Crippen LogP contribution in [0.1, 0.15) is 15.5 Å². The van der Waals surface area contributed by atoms with Crippen LogP contribution in [0.5, 0.6) is 0 Å². The van der Waals surface area contributed by atoms with E-state index in [1.54, 1.807) is 17.8 Å². The van der Waals surface area contributed by atoms with Crippen molar-refractivity contribution in [1.29, 1.82) is 0 Å². The number of thiazole rings is 1. The summed E-state index contributed by atoms with van der Waals surface area (Å²) in [6, 6.07) is 3.69. The van der Waals surface area contributed by atoms with Gasteiger partial charge in [-0.15, -0.1) is 11.3 Å². The molecule has 0 saturated heterocycles. The molecule has 0 amide bonds. The molecule has 0 fully saturated rings. The van der Waals surface area contributed by atoms with E-state index < -0.39 is 5.97 Å². The maximum Gasteiger partial charge on any atom is 0.355 e. The van der Waals surface area contributed by atoms with Crippen molar-refractivity contribution in [1.82, 2.24) is 19.9 Å². The number of rotatable bonds is 5. The largest absolute Gasteiger partial charge is 0.476 e. The first-order valence-corrected chi connectivity index (χ1v) is 7.10. The number of carboxylic acid groups (broad SMARTS) is 1. The normalized spacial score (nSPS) is 10.7. The van der Waals surface area contributed by atoms with Gasteiger partial charge in [0.05, 0.1) is 5.01 Å². The number of carbonyl (C=O) groups is 1. The van der Waals surface area contributed by atoms with Gasteiger partial charge in [0.1, 0.15) is 11.3 Å². The van der Waals surface area contributed by atoms with Gasteiger partial charge in [0.2, 0.25) is 0 Å². The van der Waals surface area contributed by atoms with Crippen molar-refractivity contribution in [2.24, 2.45) is 0 Å². The molecule has 7 nitrogen and oxygen atoms in total. The van der Waals surface area contributed by atoms with Gasteiger partial charge in [0.25, 0.3) is 0 Å². The Morgan fingerprint density at radius 1 is 1.24 bits per heavy atom. The van der Waals surface area contributed by atoms with Gasteiger partial charge in [-0.2, -0.15) is 0 Å². The van der Waals surface area contributed by atoms with Crippen LogP contribution in [0.4, 0.5) is 5.82 Å². The molecule has 0 aliphatic rings. The van der Waals surface area contributed by atoms with E-state index in [0.717, 1.165) is 10.5 Å². The number of aromatic nitrogens is 4. The van der Waals surface area contributed by atoms with Crippen LogP contribution in [0.3, 0.4) is 0 Å². The van der Waals surface area contributed by atoms with Crippen molar-refractivity contribution in [2.45, 2.75) is 6.42 Å². The highest BCUT2D eigenvalue weighted by Gasteiger charge is 2.08. The fourth-order valence-corrected chi connectivity index (χ4v) is 2.55. The molecule has 0 aromatic carbocycles. The standard InChI is InChI=1S/C13H11N5O2S/c19-13(20)9-7-21-11(17-9)3-4-15-10-2-1-8-12(18-10)16-6-5-14-8/h1-2,5-7H,3-4H2,(H,19,20)(H,15,16,18). The van der Waals surface area contributed by atoms with Crippen molar-refractivity contribution in [3.63, 3.8) is 0 Å². The summed E-state index contributed by atoms with van der Waals surface area (Å²) in [6.07, 6.45) is 3.86. The van der Waals surface area contributed by atoms with Crippen LogP contribution in [0.15, 0.2) is 29.9 Å². The monoisotopic (exact) mass is 301 g/mol. The van der Waals surface area contributed by atoms with Crippen LogP contribution < -0.4 is 5.32 Å². The average molecular weight is 301 g/mol. The Hall–Kier alpha value is -2.61. The molecular weight excluding hydrogens is 290 g/mol. The summed E-state index contributed by atoms with van der Waals surface area (Å²) in [7, 11) is 0. The van der Waals surface area contributed by atoms with Gasteiger partial charge in [0.15, 0.2) is 11.3 Å². The van der Waals surface area contributed by atoms with E-state index in [1.807, 2.05) is 12.1 Å². The second kappa shape index (κ2) is 5.80. The maximum absolute atomic E-state index is 10.7. The van der Waals surface area contributed by atoms with E-state index in [1.165, 1.54) is 11.3 Å². The highest BCUT2D eigenvalue weighted by Crippen LogP contribution is 2.12. The summed E-state index contributed by atoms with van der Waals surface area (Å²) >= 11 is 1.34. The van der Waals surface area contributed by atoms with Gasteiger partial charge in [-0.1, -0.05) is 0 Å². The minimum Gasteiger partial charge on any atom is -0.476 e. The molecule has 8 heteroatoms. The summed E-state index contributed by atoms with van der Waals surface area (Å²) in [5, 5.41) is 14.3. The predicted octanol–water partition coefficient (Wildman–Crippen LogP) is 1.83. The molecule has 0 atom stereocenters. The fourth-order valence-electron chi connectivity index (χ4n) is 1.77. The molecule has 3 rings (SSSR count). The van der Waals surface area contributed by atoms with Gasteiger partial charge in [-0.3, -0.25) is 4.98 Å². The number of hydrogen-bond donors (Lipinski definition) is 2. The smallest absolute Gasteiger partial charge is 0.355 e. The Balaban J connectivity index is 1.62. The highest BCUT2D eigenvalue weighted by atomic mass is 32.1. The first-order chi connectivity index (χ1) is 10.2. The lowest BCUT2D eigenvalue weighted by Crippen LogP contribution is -2.07. The third-order valence-electron chi connectivity index (χ3n) is 2.75. The Morgan fingerprint density at radius 3 is 2.90 bits per heavy atom. The number of carboxylic acids is 1. The number of pyridine rings is 1. The number of fused-ring (bicyclic) bond motifs is 1. The minimum atomic E-state index is -1.000. The van der Waals surface area contributed by atoms with Gasteiger partial charge < -0.3 is 10.4 Å². The molecule has 0 aliphatic heterocycles. The van der Waals surface area contributed by atoms with Gasteiger partial charge in [0, 0.05) is 30.7 Å². The Morgan fingerprint density at radius 2 is 2.10 bits per heavy atom. The van der Waals surface area contributed by atoms with Gasteiger partial charge in [-0.05, 0) is 12.1 Å². The van der Waals surface area contributed by atoms with E-state index in [2.05, 4.69) is 25.3 Å². The van der Waals surface area contributed by atoms with Crippen molar-refractivity contribution in [3.8, 4) is 0 Å². The summed E-state index contributed by atoms with van der Waals surface area (Å²) in [6.45, 7) is 0.616. The van der Waals surface area contributed by atoms with E-state index >= 15 is 0 Å². The van der Waals surface area contributed by atoms with Crippen molar-refractivity contribution < 1.29 is 9.90 Å². The van der Waals surface area contributed by atoms with Crippen LogP contribution in [-0.2, 0) is 6.42 Å². The molecular formula is C13H11N5O2S. The average Bonchev–Trinajstić information content (AvgIpc) is 2.96. The SMILES string of the molecule is O=C(O)c1csc(CCNc2ccc3nccnc3n2)n1. The number of hydrogen-bond acceptors (Lipinski definition) is 7. The first-order valence-electron chi connectivity index (χ1n) is 6.22. The Kier molecular flexibility index (Phi) is 3.69. The second-order valence-electron chi connectivity index (χ2n) is 4.20. The molecule has 3 aromatic rings. The summed E-state index contributed by atoms with van der Waals surface area (Å²) in [5.41, 5.74) is 1.42. The molecule has 0 bridgehead atoms. The molecule has 21 heavy (non-hydrogen) atoms. The molecule has 0 radical (unpaired) electrons. The van der Waals surface area contributed by atoms with E-state index in [-0.39, 0.29) is 5.69 Å². The number of nitrogens with zero attached hydrogens (tertiary/aromatic N) is 4. The number of aromatic carboxylic acids is 1. The zero-order valence-corrected chi connectivity index (χ0v) is 11.7. The van der Waals surface area contributed by atoms with Crippen LogP contribution in [0.25, 0.3) is 11.2 Å². The van der Waals surface area contributed by atoms with E-state index in [4.69, 9.17) is 5.11 Å². The second-order valence-corrected chi connectivity index (χ2v) is 5.15. The van der Waals surface area contributed by atoms with Crippen LogP contribution in [0.2, 0.25) is 0 Å². The Bertz CT molecular complexity index is 789. The molecule has 2 N–H and O–H groups in total.